The summed E-state index contributed by atoms with van der Waals surface area (Å²) < 4.78 is 34.0. The van der Waals surface area contributed by atoms with Crippen LogP contribution in [0.5, 0.6) is 5.75 Å². The van der Waals surface area contributed by atoms with Gasteiger partial charge in [0.1, 0.15) is 30.1 Å². The van der Waals surface area contributed by atoms with E-state index in [1.165, 1.54) is 0 Å². The topological polar surface area (TPSA) is 47.3 Å². The Morgan fingerprint density at radius 2 is 2.04 bits per heavy atom. The van der Waals surface area contributed by atoms with Gasteiger partial charge in [-0.3, -0.25) is 0 Å². The average Bonchev–Trinajstić information content (AvgIpc) is 3.10. The Balaban J connectivity index is 1.71. The molecule has 0 aliphatic rings. The summed E-state index contributed by atoms with van der Waals surface area (Å²) in [5, 5.41) is 9.99. The van der Waals surface area contributed by atoms with Crippen LogP contribution in [0.1, 0.15) is 11.7 Å². The molecule has 1 unspecified atom stereocenters. The van der Waals surface area contributed by atoms with E-state index in [-0.39, 0.29) is 12.2 Å². The molecular formula is C17H14F2N2O2. The molecule has 0 aliphatic carbocycles. The molecule has 0 fully saturated rings. The van der Waals surface area contributed by atoms with E-state index in [9.17, 15) is 13.9 Å². The van der Waals surface area contributed by atoms with Crippen LogP contribution in [-0.2, 0) is 0 Å². The Morgan fingerprint density at radius 1 is 1.17 bits per heavy atom. The SMILES string of the molecule is OC(COc1cccc(-n2ccnc2)c1)c1cc(F)ccc1F. The second-order valence-corrected chi connectivity index (χ2v) is 4.96. The molecule has 1 N–H and O–H groups in total. The number of imidazole rings is 1. The van der Waals surface area contributed by atoms with Crippen LogP contribution in [0.4, 0.5) is 8.78 Å². The van der Waals surface area contributed by atoms with Gasteiger partial charge >= 0.3 is 0 Å². The van der Waals surface area contributed by atoms with Crippen molar-refractivity contribution in [1.82, 2.24) is 9.55 Å². The van der Waals surface area contributed by atoms with Crippen LogP contribution < -0.4 is 4.74 Å². The number of halogens is 2. The first-order chi connectivity index (χ1) is 11.1. The zero-order valence-electron chi connectivity index (χ0n) is 12.1. The molecular weight excluding hydrogens is 302 g/mol. The molecule has 1 aromatic heterocycles. The highest BCUT2D eigenvalue weighted by atomic mass is 19.1. The second kappa shape index (κ2) is 6.58. The Bertz CT molecular complexity index is 791. The standard InChI is InChI=1S/C17H14F2N2O2/c18-12-4-5-16(19)15(8-12)17(22)10-23-14-3-1-2-13(9-14)21-7-6-20-11-21/h1-9,11,17,22H,10H2. The van der Waals surface area contributed by atoms with Crippen molar-refractivity contribution >= 4 is 0 Å². The third kappa shape index (κ3) is 3.54. The normalized spacial score (nSPS) is 12.1. The number of ether oxygens (including phenoxy) is 1. The molecule has 0 saturated heterocycles. The summed E-state index contributed by atoms with van der Waals surface area (Å²) in [7, 11) is 0. The van der Waals surface area contributed by atoms with Crippen molar-refractivity contribution in [3.63, 3.8) is 0 Å². The van der Waals surface area contributed by atoms with Gasteiger partial charge in [0.05, 0.1) is 12.0 Å². The van der Waals surface area contributed by atoms with E-state index in [2.05, 4.69) is 4.98 Å². The minimum absolute atomic E-state index is 0.129. The highest BCUT2D eigenvalue weighted by molar-refractivity contribution is 5.39. The quantitative estimate of drug-likeness (QED) is 0.786. The molecule has 2 aromatic carbocycles. The molecule has 3 aromatic rings. The fourth-order valence-corrected chi connectivity index (χ4v) is 2.18. The molecule has 0 bridgehead atoms. The number of hydrogen-bond donors (Lipinski definition) is 1. The monoisotopic (exact) mass is 316 g/mol. The Hall–Kier alpha value is -2.73. The van der Waals surface area contributed by atoms with E-state index in [0.717, 1.165) is 23.9 Å². The second-order valence-electron chi connectivity index (χ2n) is 4.96. The predicted octanol–water partition coefficient (Wildman–Crippen LogP) is 3.26. The Morgan fingerprint density at radius 3 is 2.83 bits per heavy atom. The van der Waals surface area contributed by atoms with E-state index in [0.29, 0.717) is 5.75 Å². The van der Waals surface area contributed by atoms with Crippen LogP contribution >= 0.6 is 0 Å². The van der Waals surface area contributed by atoms with Gasteiger partial charge < -0.3 is 14.4 Å². The van der Waals surface area contributed by atoms with Gasteiger partial charge in [-0.2, -0.15) is 0 Å². The van der Waals surface area contributed by atoms with E-state index in [1.54, 1.807) is 41.5 Å². The molecule has 4 nitrogen and oxygen atoms in total. The number of aromatic nitrogens is 2. The minimum Gasteiger partial charge on any atom is -0.490 e. The summed E-state index contributed by atoms with van der Waals surface area (Å²) in [6.07, 6.45) is 3.83. The van der Waals surface area contributed by atoms with Crippen LogP contribution in [0, 0.1) is 11.6 Å². The summed E-state index contributed by atoms with van der Waals surface area (Å²) in [6, 6.07) is 10.1. The zero-order chi connectivity index (χ0) is 16.2. The summed E-state index contributed by atoms with van der Waals surface area (Å²) in [4.78, 5) is 3.97. The van der Waals surface area contributed by atoms with Gasteiger partial charge in [0.25, 0.3) is 0 Å². The minimum atomic E-state index is -1.26. The van der Waals surface area contributed by atoms with Crippen molar-refractivity contribution in [2.24, 2.45) is 0 Å². The van der Waals surface area contributed by atoms with Gasteiger partial charge in [-0.15, -0.1) is 0 Å². The largest absolute Gasteiger partial charge is 0.490 e. The maximum Gasteiger partial charge on any atom is 0.129 e. The molecule has 0 aliphatic heterocycles. The smallest absolute Gasteiger partial charge is 0.129 e. The maximum absolute atomic E-state index is 13.6. The van der Waals surface area contributed by atoms with Gasteiger partial charge in [-0.05, 0) is 30.3 Å². The Labute approximate surface area is 131 Å². The molecule has 0 radical (unpaired) electrons. The molecule has 23 heavy (non-hydrogen) atoms. The first kappa shape index (κ1) is 15.2. The lowest BCUT2D eigenvalue weighted by molar-refractivity contribution is 0.104. The first-order valence-corrected chi connectivity index (χ1v) is 6.98. The summed E-state index contributed by atoms with van der Waals surface area (Å²) >= 11 is 0. The van der Waals surface area contributed by atoms with Crippen LogP contribution in [-0.4, -0.2) is 21.3 Å². The van der Waals surface area contributed by atoms with Crippen LogP contribution in [0.2, 0.25) is 0 Å². The molecule has 0 spiro atoms. The molecule has 1 atom stereocenters. The number of rotatable bonds is 5. The molecule has 0 saturated carbocycles. The van der Waals surface area contributed by atoms with Gasteiger partial charge in [0.2, 0.25) is 0 Å². The van der Waals surface area contributed by atoms with E-state index in [1.807, 2.05) is 6.07 Å². The van der Waals surface area contributed by atoms with Crippen LogP contribution in [0.15, 0.2) is 61.2 Å². The number of aliphatic hydroxyl groups is 1. The van der Waals surface area contributed by atoms with Crippen LogP contribution in [0.3, 0.4) is 0 Å². The van der Waals surface area contributed by atoms with Gasteiger partial charge in [-0.25, -0.2) is 13.8 Å². The summed E-state index contributed by atoms with van der Waals surface area (Å²) in [6.45, 7) is -0.187. The lowest BCUT2D eigenvalue weighted by atomic mass is 10.1. The summed E-state index contributed by atoms with van der Waals surface area (Å²) in [5.41, 5.74) is 0.710. The fourth-order valence-electron chi connectivity index (χ4n) is 2.18. The predicted molar refractivity (Wildman–Crippen MR) is 80.4 cm³/mol. The van der Waals surface area contributed by atoms with Crippen molar-refractivity contribution in [3.8, 4) is 11.4 Å². The van der Waals surface area contributed by atoms with E-state index in [4.69, 9.17) is 4.74 Å². The molecule has 6 heteroatoms. The molecule has 3 rings (SSSR count). The highest BCUT2D eigenvalue weighted by Crippen LogP contribution is 2.21. The molecule has 1 heterocycles. The third-order valence-corrected chi connectivity index (χ3v) is 3.35. The molecule has 118 valence electrons. The third-order valence-electron chi connectivity index (χ3n) is 3.35. The highest BCUT2D eigenvalue weighted by Gasteiger charge is 2.14. The number of nitrogens with zero attached hydrogens (tertiary/aromatic N) is 2. The zero-order valence-corrected chi connectivity index (χ0v) is 12.1. The molecule has 0 amide bonds. The number of hydrogen-bond acceptors (Lipinski definition) is 3. The maximum atomic E-state index is 13.6. The number of aliphatic hydroxyl groups excluding tert-OH is 1. The average molecular weight is 316 g/mol. The summed E-state index contributed by atoms with van der Waals surface area (Å²) in [5.74, 6) is -0.774. The van der Waals surface area contributed by atoms with Crippen molar-refractivity contribution in [3.05, 3.63) is 78.4 Å². The van der Waals surface area contributed by atoms with Crippen LogP contribution in [0.25, 0.3) is 5.69 Å². The van der Waals surface area contributed by atoms with E-state index >= 15 is 0 Å². The lowest BCUT2D eigenvalue weighted by Crippen LogP contribution is -2.11. The van der Waals surface area contributed by atoms with Crippen molar-refractivity contribution < 1.29 is 18.6 Å². The van der Waals surface area contributed by atoms with Crippen molar-refractivity contribution in [2.45, 2.75) is 6.10 Å². The van der Waals surface area contributed by atoms with Gasteiger partial charge in [0, 0.05) is 24.0 Å². The Kier molecular flexibility index (Phi) is 4.34. The van der Waals surface area contributed by atoms with E-state index < -0.39 is 17.7 Å². The van der Waals surface area contributed by atoms with Gasteiger partial charge in [-0.1, -0.05) is 6.07 Å². The van der Waals surface area contributed by atoms with Gasteiger partial charge in [0.15, 0.2) is 0 Å². The number of benzene rings is 2. The first-order valence-electron chi connectivity index (χ1n) is 6.98. The fraction of sp³-hybridized carbons (Fsp3) is 0.118. The van der Waals surface area contributed by atoms with Crippen molar-refractivity contribution in [2.75, 3.05) is 6.61 Å². The van der Waals surface area contributed by atoms with Crippen molar-refractivity contribution in [1.29, 1.82) is 0 Å². The lowest BCUT2D eigenvalue weighted by Gasteiger charge is -2.14.